The number of halogens is 1. The molecule has 0 aliphatic rings. The second-order valence-corrected chi connectivity index (χ2v) is 2.30. The van der Waals surface area contributed by atoms with Gasteiger partial charge in [-0.3, -0.25) is 0 Å². The van der Waals surface area contributed by atoms with Crippen molar-refractivity contribution in [2.45, 2.75) is 6.92 Å². The largest absolute Gasteiger partial charge is 0.464 e. The maximum absolute atomic E-state index is 10.9. The molecule has 0 aromatic heterocycles. The van der Waals surface area contributed by atoms with Gasteiger partial charge in [0.2, 0.25) is 0 Å². The van der Waals surface area contributed by atoms with Crippen molar-refractivity contribution in [3.63, 3.8) is 0 Å². The van der Waals surface area contributed by atoms with Gasteiger partial charge in [0.15, 0.2) is 0 Å². The van der Waals surface area contributed by atoms with E-state index in [2.05, 4.69) is 16.3 Å². The van der Waals surface area contributed by atoms with Crippen molar-refractivity contribution in [1.82, 2.24) is 0 Å². The summed E-state index contributed by atoms with van der Waals surface area (Å²) in [5.41, 5.74) is 0.139. The van der Waals surface area contributed by atoms with E-state index in [0.717, 1.165) is 0 Å². The number of nitrogens with zero attached hydrogens (tertiary/aromatic N) is 1. The molecule has 0 aromatic carbocycles. The number of esters is 1. The lowest BCUT2D eigenvalue weighted by molar-refractivity contribution is -0.132. The Bertz CT molecular complexity index is 243. The minimum atomic E-state index is -0.532. The molecular formula is C8H10ClNO2. The number of carbonyl (C=O) groups excluding carboxylic acids is 1. The monoisotopic (exact) mass is 187 g/mol. The first-order chi connectivity index (χ1) is 5.61. The van der Waals surface area contributed by atoms with E-state index in [0.29, 0.717) is 0 Å². The number of carbonyl (C=O) groups is 1. The Hall–Kier alpha value is -1.09. The summed E-state index contributed by atoms with van der Waals surface area (Å²) < 4.78 is 4.45. The molecule has 3 nitrogen and oxygen atoms in total. The highest BCUT2D eigenvalue weighted by Gasteiger charge is 2.06. The second kappa shape index (κ2) is 5.55. The lowest BCUT2D eigenvalue weighted by Crippen LogP contribution is -2.12. The number of methoxy groups -OCH3 is 1. The quantitative estimate of drug-likeness (QED) is 0.385. The van der Waals surface area contributed by atoms with Gasteiger partial charge in [0.1, 0.15) is 10.9 Å². The summed E-state index contributed by atoms with van der Waals surface area (Å²) in [5.74, 6) is -0.532. The smallest absolute Gasteiger partial charge is 0.356 e. The molecule has 0 aliphatic carbocycles. The summed E-state index contributed by atoms with van der Waals surface area (Å²) in [6, 6.07) is 0. The Morgan fingerprint density at radius 3 is 2.58 bits per heavy atom. The highest BCUT2D eigenvalue weighted by atomic mass is 35.5. The highest BCUT2D eigenvalue weighted by molar-refractivity contribution is 6.42. The van der Waals surface area contributed by atoms with Crippen LogP contribution in [0.1, 0.15) is 6.92 Å². The fraction of sp³-hybridized carbons (Fsp3) is 0.250. The Morgan fingerprint density at radius 1 is 1.67 bits per heavy atom. The molecule has 4 heteroatoms. The molecule has 0 saturated heterocycles. The van der Waals surface area contributed by atoms with Crippen LogP contribution in [0.4, 0.5) is 0 Å². The summed E-state index contributed by atoms with van der Waals surface area (Å²) in [4.78, 5) is 14.6. The number of ether oxygens (including phenoxy) is 1. The third-order valence-corrected chi connectivity index (χ3v) is 1.05. The van der Waals surface area contributed by atoms with E-state index in [1.54, 1.807) is 13.0 Å². The van der Waals surface area contributed by atoms with Crippen LogP contribution in [0.25, 0.3) is 0 Å². The lowest BCUT2D eigenvalue weighted by atomic mass is 10.3. The average molecular weight is 188 g/mol. The van der Waals surface area contributed by atoms with Gasteiger partial charge in [-0.1, -0.05) is 24.3 Å². The SMILES string of the molecule is C=C(Cl)/N=C(\C=CC)C(=O)OC. The fourth-order valence-corrected chi connectivity index (χ4v) is 0.635. The lowest BCUT2D eigenvalue weighted by Gasteiger charge is -1.96. The zero-order valence-corrected chi connectivity index (χ0v) is 7.76. The number of rotatable bonds is 3. The van der Waals surface area contributed by atoms with Gasteiger partial charge in [-0.2, -0.15) is 0 Å². The molecule has 0 radical (unpaired) electrons. The summed E-state index contributed by atoms with van der Waals surface area (Å²) in [7, 11) is 1.28. The third-order valence-electron chi connectivity index (χ3n) is 0.961. The first-order valence-corrected chi connectivity index (χ1v) is 3.63. The van der Waals surface area contributed by atoms with Crippen LogP contribution in [0.15, 0.2) is 28.9 Å². The zero-order valence-electron chi connectivity index (χ0n) is 7.00. The normalized spacial score (nSPS) is 11.8. The first-order valence-electron chi connectivity index (χ1n) is 3.26. The number of aliphatic imine (C=N–C) groups is 1. The number of hydrogen-bond acceptors (Lipinski definition) is 3. The molecule has 0 saturated carbocycles. The maximum Gasteiger partial charge on any atom is 0.356 e. The van der Waals surface area contributed by atoms with Crippen LogP contribution in [0.5, 0.6) is 0 Å². The second-order valence-electron chi connectivity index (χ2n) is 1.86. The van der Waals surface area contributed by atoms with Gasteiger partial charge in [0.25, 0.3) is 0 Å². The predicted molar refractivity (Wildman–Crippen MR) is 49.3 cm³/mol. The molecule has 0 N–H and O–H groups in total. The van der Waals surface area contributed by atoms with Crippen LogP contribution in [-0.4, -0.2) is 18.8 Å². The van der Waals surface area contributed by atoms with Gasteiger partial charge in [0, 0.05) is 0 Å². The predicted octanol–water partition coefficient (Wildman–Crippen LogP) is 1.89. The average Bonchev–Trinajstić information content (AvgIpc) is 2.01. The summed E-state index contributed by atoms with van der Waals surface area (Å²) in [6.07, 6.45) is 3.16. The molecule has 0 aromatic rings. The van der Waals surface area contributed by atoms with Crippen molar-refractivity contribution in [2.75, 3.05) is 7.11 Å². The molecule has 0 fully saturated rings. The standard InChI is InChI=1S/C8H10ClNO2/c1-4-5-7(8(11)12-3)10-6(2)9/h4-5H,2H2,1,3H3/b5-4?,10-7+. The van der Waals surface area contributed by atoms with Crippen LogP contribution in [0.2, 0.25) is 0 Å². The zero-order chi connectivity index (χ0) is 9.56. The molecule has 0 heterocycles. The molecule has 0 amide bonds. The Morgan fingerprint density at radius 2 is 2.25 bits per heavy atom. The van der Waals surface area contributed by atoms with Crippen LogP contribution >= 0.6 is 11.6 Å². The highest BCUT2D eigenvalue weighted by Crippen LogP contribution is 2.00. The van der Waals surface area contributed by atoms with Crippen molar-refractivity contribution in [1.29, 1.82) is 0 Å². The van der Waals surface area contributed by atoms with E-state index < -0.39 is 5.97 Å². The van der Waals surface area contributed by atoms with Gasteiger partial charge in [-0.25, -0.2) is 9.79 Å². The van der Waals surface area contributed by atoms with Crippen molar-refractivity contribution in [2.24, 2.45) is 4.99 Å². The van der Waals surface area contributed by atoms with E-state index in [9.17, 15) is 4.79 Å². The van der Waals surface area contributed by atoms with Crippen molar-refractivity contribution < 1.29 is 9.53 Å². The Kier molecular flexibility index (Phi) is 5.04. The van der Waals surface area contributed by atoms with Crippen LogP contribution in [0, 0.1) is 0 Å². The molecular weight excluding hydrogens is 178 g/mol. The Balaban J connectivity index is 4.66. The van der Waals surface area contributed by atoms with Crippen LogP contribution in [-0.2, 0) is 9.53 Å². The van der Waals surface area contributed by atoms with Gasteiger partial charge in [-0.05, 0) is 13.0 Å². The van der Waals surface area contributed by atoms with Crippen molar-refractivity contribution in [3.05, 3.63) is 23.9 Å². The van der Waals surface area contributed by atoms with Crippen molar-refractivity contribution in [3.8, 4) is 0 Å². The third kappa shape index (κ3) is 3.93. The molecule has 0 bridgehead atoms. The Labute approximate surface area is 76.4 Å². The summed E-state index contributed by atoms with van der Waals surface area (Å²) in [6.45, 7) is 5.09. The first kappa shape index (κ1) is 10.9. The topological polar surface area (TPSA) is 38.7 Å². The van der Waals surface area contributed by atoms with Gasteiger partial charge < -0.3 is 4.74 Å². The van der Waals surface area contributed by atoms with E-state index in [-0.39, 0.29) is 10.9 Å². The molecule has 0 aliphatic heterocycles. The molecule has 0 atom stereocenters. The fourth-order valence-electron chi connectivity index (χ4n) is 0.544. The summed E-state index contributed by atoms with van der Waals surface area (Å²) in [5, 5.41) is 0.0495. The number of allylic oxidation sites excluding steroid dienone is 1. The maximum atomic E-state index is 10.9. The van der Waals surface area contributed by atoms with Crippen LogP contribution in [0.3, 0.4) is 0 Å². The molecule has 0 spiro atoms. The van der Waals surface area contributed by atoms with Crippen molar-refractivity contribution >= 4 is 23.3 Å². The van der Waals surface area contributed by atoms with Gasteiger partial charge >= 0.3 is 5.97 Å². The van der Waals surface area contributed by atoms with E-state index in [1.165, 1.54) is 13.2 Å². The van der Waals surface area contributed by atoms with E-state index >= 15 is 0 Å². The van der Waals surface area contributed by atoms with Gasteiger partial charge in [0.05, 0.1) is 7.11 Å². The van der Waals surface area contributed by atoms with E-state index in [1.807, 2.05) is 0 Å². The molecule has 66 valence electrons. The molecule has 12 heavy (non-hydrogen) atoms. The number of hydrogen-bond donors (Lipinski definition) is 0. The summed E-state index contributed by atoms with van der Waals surface area (Å²) >= 11 is 5.39. The minimum absolute atomic E-state index is 0.0495. The van der Waals surface area contributed by atoms with Crippen LogP contribution < -0.4 is 0 Å². The minimum Gasteiger partial charge on any atom is -0.464 e. The van der Waals surface area contributed by atoms with E-state index in [4.69, 9.17) is 11.6 Å². The molecule has 0 unspecified atom stereocenters. The molecule has 0 rings (SSSR count). The van der Waals surface area contributed by atoms with Gasteiger partial charge in [-0.15, -0.1) is 0 Å².